The van der Waals surface area contributed by atoms with Gasteiger partial charge >= 0.3 is 6.18 Å². The van der Waals surface area contributed by atoms with Gasteiger partial charge in [0.1, 0.15) is 18.8 Å². The molecule has 0 fully saturated rings. The van der Waals surface area contributed by atoms with Crippen LogP contribution in [-0.2, 0) is 21.7 Å². The van der Waals surface area contributed by atoms with Crippen molar-refractivity contribution in [3.8, 4) is 0 Å². The van der Waals surface area contributed by atoms with E-state index in [0.717, 1.165) is 16.8 Å². The van der Waals surface area contributed by atoms with E-state index in [1.807, 2.05) is 0 Å². The first kappa shape index (κ1) is 30.0. The molecule has 0 aliphatic carbocycles. The Kier molecular flexibility index (Phi) is 10.3. The van der Waals surface area contributed by atoms with Crippen LogP contribution in [0.1, 0.15) is 30.4 Å². The topological polar surface area (TPSA) is 80.8 Å². The third-order valence-electron chi connectivity index (χ3n) is 5.51. The van der Waals surface area contributed by atoms with Gasteiger partial charge in [0.15, 0.2) is 0 Å². The average molecular weight is 587 g/mol. The number of benzene rings is 2. The van der Waals surface area contributed by atoms with E-state index in [2.05, 4.69) is 0 Å². The van der Waals surface area contributed by atoms with Gasteiger partial charge in [0.05, 0.1) is 25.6 Å². The summed E-state index contributed by atoms with van der Waals surface area (Å²) in [5, 5.41) is 12.9. The van der Waals surface area contributed by atoms with Crippen LogP contribution >= 0.6 is 46.4 Å². The van der Waals surface area contributed by atoms with Gasteiger partial charge < -0.3 is 24.5 Å². The lowest BCUT2D eigenvalue weighted by atomic mass is 9.82. The first-order valence-electron chi connectivity index (χ1n) is 10.3. The van der Waals surface area contributed by atoms with Gasteiger partial charge in [0, 0.05) is 26.6 Å². The largest absolute Gasteiger partial charge is 0.530 e. The van der Waals surface area contributed by atoms with E-state index in [1.165, 1.54) is 36.4 Å². The van der Waals surface area contributed by atoms with Crippen LogP contribution < -0.4 is 5.11 Å². The molecule has 0 saturated heterocycles. The zero-order valence-electron chi connectivity index (χ0n) is 18.8. The molecule has 0 N–H and O–H groups in total. The monoisotopic (exact) mass is 585 g/mol. The predicted molar refractivity (Wildman–Crippen MR) is 129 cm³/mol. The second-order valence-electron chi connectivity index (χ2n) is 7.97. The Morgan fingerprint density at radius 2 is 1.69 bits per heavy atom. The molecule has 0 aromatic heterocycles. The fraction of sp³-hybridized carbons (Fsp3) is 0.348. The quantitative estimate of drug-likeness (QED) is 0.333. The van der Waals surface area contributed by atoms with E-state index in [1.54, 1.807) is 0 Å². The summed E-state index contributed by atoms with van der Waals surface area (Å²) in [6, 6.07) is 8.62. The number of nitrogens with zero attached hydrogens (tertiary/aromatic N) is 2. The van der Waals surface area contributed by atoms with Crippen LogP contribution in [0.4, 0.5) is 18.0 Å². The van der Waals surface area contributed by atoms with Crippen LogP contribution in [0.2, 0.25) is 20.1 Å². The normalized spacial score (nSPS) is 13.1. The van der Waals surface area contributed by atoms with E-state index in [0.29, 0.717) is 6.29 Å². The highest BCUT2D eigenvalue weighted by molar-refractivity contribution is 6.42. The number of amides is 2. The molecule has 6 nitrogen and oxygen atoms in total. The Morgan fingerprint density at radius 3 is 2.25 bits per heavy atom. The highest BCUT2D eigenvalue weighted by Crippen LogP contribution is 2.40. The minimum Gasteiger partial charge on any atom is -0.530 e. The molecule has 196 valence electrons. The van der Waals surface area contributed by atoms with Gasteiger partial charge in [-0.3, -0.25) is 4.79 Å². The zero-order chi connectivity index (χ0) is 27.3. The van der Waals surface area contributed by atoms with Crippen molar-refractivity contribution in [1.82, 2.24) is 9.80 Å². The van der Waals surface area contributed by atoms with E-state index in [-0.39, 0.29) is 44.1 Å². The fourth-order valence-corrected chi connectivity index (χ4v) is 4.47. The lowest BCUT2D eigenvalue weighted by Gasteiger charge is -2.48. The number of carboxylic acid groups (broad SMARTS) is 1. The SMILES string of the molecule is CN(C[C@](CCC=O)(c1ccc(Cl)c(Cl)c1)N(Cc1cccc(Cl)c1Cl)C(=O)[O-])C(=O)CC(F)(F)F. The smallest absolute Gasteiger partial charge is 0.397 e. The molecule has 0 heterocycles. The number of alkyl halides is 3. The van der Waals surface area contributed by atoms with E-state index in [4.69, 9.17) is 46.4 Å². The summed E-state index contributed by atoms with van der Waals surface area (Å²) < 4.78 is 38.7. The molecule has 13 heteroatoms. The molecule has 0 bridgehead atoms. The lowest BCUT2D eigenvalue weighted by Crippen LogP contribution is -2.59. The maximum atomic E-state index is 12.9. The molecule has 36 heavy (non-hydrogen) atoms. The van der Waals surface area contributed by atoms with Gasteiger partial charge in [-0.05, 0) is 35.7 Å². The summed E-state index contributed by atoms with van der Waals surface area (Å²) in [7, 11) is 1.10. The molecular weight excluding hydrogens is 567 g/mol. The van der Waals surface area contributed by atoms with Gasteiger partial charge in [0.25, 0.3) is 0 Å². The number of carbonyl (C=O) groups excluding carboxylic acids is 3. The van der Waals surface area contributed by atoms with E-state index in [9.17, 15) is 32.7 Å². The number of likely N-dealkylation sites (N-methyl/N-ethyl adjacent to an activating group) is 1. The number of hydrogen-bond donors (Lipinski definition) is 0. The summed E-state index contributed by atoms with van der Waals surface area (Å²) in [6.07, 6.45) is -8.22. The zero-order valence-corrected chi connectivity index (χ0v) is 21.8. The Bertz CT molecular complexity index is 1130. The van der Waals surface area contributed by atoms with Crippen LogP contribution in [0, 0.1) is 0 Å². The average Bonchev–Trinajstić information content (AvgIpc) is 2.78. The van der Waals surface area contributed by atoms with Crippen LogP contribution in [0.25, 0.3) is 0 Å². The van der Waals surface area contributed by atoms with Crippen molar-refractivity contribution in [2.24, 2.45) is 0 Å². The number of carbonyl (C=O) groups is 3. The van der Waals surface area contributed by atoms with Crippen molar-refractivity contribution in [1.29, 1.82) is 0 Å². The summed E-state index contributed by atoms with van der Waals surface area (Å²) in [6.45, 7) is -0.998. The van der Waals surface area contributed by atoms with Gasteiger partial charge in [0.2, 0.25) is 5.91 Å². The van der Waals surface area contributed by atoms with Crippen LogP contribution in [-0.4, -0.2) is 47.9 Å². The molecule has 2 amide bonds. The van der Waals surface area contributed by atoms with E-state index >= 15 is 0 Å². The van der Waals surface area contributed by atoms with E-state index < -0.39 is 43.2 Å². The van der Waals surface area contributed by atoms with Crippen LogP contribution in [0.15, 0.2) is 36.4 Å². The van der Waals surface area contributed by atoms with Crippen molar-refractivity contribution in [3.05, 3.63) is 67.6 Å². The van der Waals surface area contributed by atoms with Crippen molar-refractivity contribution in [2.45, 2.75) is 37.5 Å². The Balaban J connectivity index is 2.73. The summed E-state index contributed by atoms with van der Waals surface area (Å²) >= 11 is 24.5. The first-order chi connectivity index (χ1) is 16.7. The molecular formula is C23H20Cl4F3N2O4-. The molecule has 0 aliphatic rings. The second kappa shape index (κ2) is 12.4. The number of aldehydes is 1. The molecule has 1 atom stereocenters. The minimum atomic E-state index is -4.79. The number of rotatable bonds is 10. The minimum absolute atomic E-state index is 0.0213. The second-order valence-corrected chi connectivity index (χ2v) is 9.57. The Hall–Kier alpha value is -2.20. The third-order valence-corrected chi connectivity index (χ3v) is 7.10. The number of hydrogen-bond acceptors (Lipinski definition) is 4. The van der Waals surface area contributed by atoms with Crippen LogP contribution in [0.3, 0.4) is 0 Å². The Labute approximate surface area is 225 Å². The summed E-state index contributed by atoms with van der Waals surface area (Å²) in [5.74, 6) is -1.31. The lowest BCUT2D eigenvalue weighted by molar-refractivity contribution is -0.274. The molecule has 0 unspecified atom stereocenters. The van der Waals surface area contributed by atoms with Crippen molar-refractivity contribution >= 4 is 64.7 Å². The Morgan fingerprint density at radius 1 is 1.03 bits per heavy atom. The third kappa shape index (κ3) is 7.41. The summed E-state index contributed by atoms with van der Waals surface area (Å²) in [4.78, 5) is 37.8. The van der Waals surface area contributed by atoms with Gasteiger partial charge in [-0.1, -0.05) is 64.6 Å². The van der Waals surface area contributed by atoms with Crippen molar-refractivity contribution in [2.75, 3.05) is 13.6 Å². The fourth-order valence-electron chi connectivity index (χ4n) is 3.79. The summed E-state index contributed by atoms with van der Waals surface area (Å²) in [5.41, 5.74) is -1.35. The van der Waals surface area contributed by atoms with Crippen molar-refractivity contribution < 1.29 is 32.7 Å². The molecule has 0 saturated carbocycles. The molecule has 0 spiro atoms. The standard InChI is InChI=1S/C23H21Cl4F3N2O4/c1-31(19(34)11-23(28,29)30)13-22(8-3-9-33,15-6-7-16(24)18(26)10-15)32(21(35)36)12-14-4-2-5-17(25)20(14)27/h2,4-7,9-10H,3,8,11-13H2,1H3,(H,35,36)/p-1/t22-/m1/s1. The molecule has 2 aromatic rings. The molecule has 2 rings (SSSR count). The first-order valence-corrected chi connectivity index (χ1v) is 11.8. The van der Waals surface area contributed by atoms with Gasteiger partial charge in [-0.25, -0.2) is 0 Å². The predicted octanol–water partition coefficient (Wildman–Crippen LogP) is 5.73. The van der Waals surface area contributed by atoms with Gasteiger partial charge in [-0.2, -0.15) is 13.2 Å². The highest BCUT2D eigenvalue weighted by atomic mass is 35.5. The maximum absolute atomic E-state index is 12.9. The molecule has 0 radical (unpaired) electrons. The van der Waals surface area contributed by atoms with Crippen LogP contribution in [0.5, 0.6) is 0 Å². The highest BCUT2D eigenvalue weighted by Gasteiger charge is 2.42. The maximum Gasteiger partial charge on any atom is 0.397 e. The molecule has 0 aliphatic heterocycles. The number of halogens is 7. The van der Waals surface area contributed by atoms with Crippen molar-refractivity contribution in [3.63, 3.8) is 0 Å². The molecule has 2 aromatic carbocycles. The van der Waals surface area contributed by atoms with Gasteiger partial charge in [-0.15, -0.1) is 0 Å².